The lowest BCUT2D eigenvalue weighted by Gasteiger charge is -2.14. The van der Waals surface area contributed by atoms with E-state index < -0.39 is 36.9 Å². The number of carbonyl (C=O) groups is 2. The van der Waals surface area contributed by atoms with Crippen molar-refractivity contribution in [3.63, 3.8) is 0 Å². The molecule has 0 spiro atoms. The molecule has 1 fully saturated rings. The second-order valence-electron chi connectivity index (χ2n) is 4.33. The van der Waals surface area contributed by atoms with Crippen LogP contribution in [-0.2, 0) is 9.63 Å². The van der Waals surface area contributed by atoms with Gasteiger partial charge in [0.05, 0.1) is 10.6 Å². The molecule has 1 aromatic rings. The van der Waals surface area contributed by atoms with Crippen LogP contribution in [0.4, 0.5) is 18.9 Å². The third-order valence-corrected chi connectivity index (χ3v) is 2.94. The average molecular weight is 336 g/mol. The average Bonchev–Trinajstić information content (AvgIpc) is 2.72. The van der Waals surface area contributed by atoms with E-state index in [1.807, 2.05) is 0 Å². The van der Waals surface area contributed by atoms with Crippen molar-refractivity contribution in [2.45, 2.75) is 6.18 Å². The Kier molecular flexibility index (Phi) is 4.38. The van der Waals surface area contributed by atoms with Crippen LogP contribution < -0.4 is 5.73 Å². The van der Waals surface area contributed by atoms with Crippen LogP contribution in [0.15, 0.2) is 23.2 Å². The highest BCUT2D eigenvalue weighted by molar-refractivity contribution is 6.42. The molecule has 0 saturated carbocycles. The summed E-state index contributed by atoms with van der Waals surface area (Å²) in [6.45, 7) is -2.11. The van der Waals surface area contributed by atoms with Gasteiger partial charge in [0.2, 0.25) is 0 Å². The van der Waals surface area contributed by atoms with Crippen molar-refractivity contribution in [2.24, 2.45) is 4.99 Å². The lowest BCUT2D eigenvalue weighted by atomic mass is 10.2. The van der Waals surface area contributed by atoms with Crippen molar-refractivity contribution in [3.05, 3.63) is 28.8 Å². The fourth-order valence-electron chi connectivity index (χ4n) is 1.65. The molecule has 0 unspecified atom stereocenters. The van der Waals surface area contributed by atoms with Gasteiger partial charge in [-0.15, -0.1) is 0 Å². The van der Waals surface area contributed by atoms with Gasteiger partial charge < -0.3 is 5.73 Å². The largest absolute Gasteiger partial charge is 0.408 e. The Bertz CT molecular complexity index is 661. The molecule has 0 bridgehead atoms. The molecule has 0 radical (unpaired) electrons. The van der Waals surface area contributed by atoms with Crippen LogP contribution in [0.25, 0.3) is 0 Å². The fourth-order valence-corrected chi connectivity index (χ4v) is 1.85. The Hall–Kier alpha value is -2.13. The molecule has 1 saturated heterocycles. The van der Waals surface area contributed by atoms with Crippen molar-refractivity contribution in [2.75, 3.05) is 18.9 Å². The number of anilines is 1. The Morgan fingerprint density at radius 3 is 2.77 bits per heavy atom. The number of benzene rings is 1. The van der Waals surface area contributed by atoms with Gasteiger partial charge >= 0.3 is 6.18 Å². The minimum Gasteiger partial charge on any atom is -0.399 e. The van der Waals surface area contributed by atoms with E-state index in [0.29, 0.717) is 0 Å². The van der Waals surface area contributed by atoms with Gasteiger partial charge in [0.1, 0.15) is 18.9 Å². The van der Waals surface area contributed by atoms with E-state index in [1.165, 1.54) is 18.2 Å². The van der Waals surface area contributed by atoms with E-state index >= 15 is 0 Å². The van der Waals surface area contributed by atoms with E-state index in [9.17, 15) is 22.8 Å². The van der Waals surface area contributed by atoms with E-state index in [2.05, 4.69) is 9.83 Å². The molecule has 0 aromatic heterocycles. The van der Waals surface area contributed by atoms with Crippen LogP contribution in [0.5, 0.6) is 0 Å². The maximum Gasteiger partial charge on any atom is 0.408 e. The van der Waals surface area contributed by atoms with Gasteiger partial charge in [0.15, 0.2) is 0 Å². The molecule has 1 aliphatic rings. The zero-order chi connectivity index (χ0) is 16.5. The summed E-state index contributed by atoms with van der Waals surface area (Å²) in [5.74, 6) is -2.01. The molecular weight excluding hydrogens is 327 g/mol. The molecule has 1 aliphatic heterocycles. The van der Waals surface area contributed by atoms with E-state index in [4.69, 9.17) is 17.3 Å². The molecule has 10 heteroatoms. The molecule has 22 heavy (non-hydrogen) atoms. The summed E-state index contributed by atoms with van der Waals surface area (Å²) < 4.78 is 36.7. The summed E-state index contributed by atoms with van der Waals surface area (Å²) >= 11 is 5.81. The second-order valence-corrected chi connectivity index (χ2v) is 4.74. The summed E-state index contributed by atoms with van der Waals surface area (Å²) in [4.78, 5) is 31.6. The summed E-state index contributed by atoms with van der Waals surface area (Å²) in [7, 11) is 0. The number of nitrogens with two attached hydrogens (primary N) is 1. The third kappa shape index (κ3) is 3.74. The second kappa shape index (κ2) is 5.93. The van der Waals surface area contributed by atoms with Gasteiger partial charge in [-0.25, -0.2) is 10.1 Å². The van der Waals surface area contributed by atoms with Gasteiger partial charge in [0.25, 0.3) is 11.8 Å². The summed E-state index contributed by atoms with van der Waals surface area (Å²) in [6, 6.07) is 4.08. The fraction of sp³-hybridized carbons (Fsp3) is 0.250. The van der Waals surface area contributed by atoms with Crippen LogP contribution in [0.2, 0.25) is 5.02 Å². The Morgan fingerprint density at radius 1 is 1.45 bits per heavy atom. The van der Waals surface area contributed by atoms with Gasteiger partial charge in [-0.3, -0.25) is 14.4 Å². The first-order valence-electron chi connectivity index (χ1n) is 5.86. The monoisotopic (exact) mass is 335 g/mol. The van der Waals surface area contributed by atoms with E-state index in [1.54, 1.807) is 0 Å². The number of alkyl halides is 3. The molecule has 0 aliphatic carbocycles. The van der Waals surface area contributed by atoms with Crippen molar-refractivity contribution in [1.82, 2.24) is 5.06 Å². The normalized spacial score (nSPS) is 17.4. The first-order valence-corrected chi connectivity index (χ1v) is 6.23. The standard InChI is InChI=1S/C12H9ClF3N3O3/c13-8-2-1-6(17)3-7(8)10(20)18-9-4-22-19(11(9)21)5-12(14,15)16/h1-3H,4-5,17H2. The quantitative estimate of drug-likeness (QED) is 0.836. The van der Waals surface area contributed by atoms with Crippen LogP contribution >= 0.6 is 11.6 Å². The maximum absolute atomic E-state index is 12.2. The van der Waals surface area contributed by atoms with Crippen molar-refractivity contribution in [3.8, 4) is 0 Å². The number of nitrogens with zero attached hydrogens (tertiary/aromatic N) is 2. The molecule has 6 nitrogen and oxygen atoms in total. The lowest BCUT2D eigenvalue weighted by molar-refractivity contribution is -0.214. The number of rotatable bonds is 2. The minimum absolute atomic E-state index is 0.0575. The van der Waals surface area contributed by atoms with Gasteiger partial charge in [-0.2, -0.15) is 13.2 Å². The molecule has 118 valence electrons. The molecule has 1 aromatic carbocycles. The number of hydrogen-bond donors (Lipinski definition) is 1. The van der Waals surface area contributed by atoms with E-state index in [0.717, 1.165) is 0 Å². The van der Waals surface area contributed by atoms with Gasteiger partial charge in [-0.05, 0) is 18.2 Å². The number of hydroxylamine groups is 2. The Balaban J connectivity index is 2.18. The summed E-state index contributed by atoms with van der Waals surface area (Å²) in [5.41, 5.74) is 5.26. The molecule has 0 atom stereocenters. The molecular formula is C12H9ClF3N3O3. The van der Waals surface area contributed by atoms with Crippen LogP contribution in [-0.4, -0.2) is 41.9 Å². The van der Waals surface area contributed by atoms with Crippen LogP contribution in [0, 0.1) is 0 Å². The van der Waals surface area contributed by atoms with Gasteiger partial charge in [-0.1, -0.05) is 11.6 Å². The predicted octanol–water partition coefficient (Wildman–Crippen LogP) is 1.84. The van der Waals surface area contributed by atoms with E-state index in [-0.39, 0.29) is 21.3 Å². The van der Waals surface area contributed by atoms with Crippen molar-refractivity contribution < 1.29 is 27.6 Å². The molecule has 1 heterocycles. The highest BCUT2D eigenvalue weighted by atomic mass is 35.5. The summed E-state index contributed by atoms with van der Waals surface area (Å²) in [5, 5.41) is 0.162. The molecule has 2 N–H and O–H groups in total. The highest BCUT2D eigenvalue weighted by Gasteiger charge is 2.39. The third-order valence-electron chi connectivity index (χ3n) is 2.61. The Morgan fingerprint density at radius 2 is 2.14 bits per heavy atom. The van der Waals surface area contributed by atoms with Gasteiger partial charge in [0, 0.05) is 5.69 Å². The zero-order valence-electron chi connectivity index (χ0n) is 10.9. The highest BCUT2D eigenvalue weighted by Crippen LogP contribution is 2.21. The molecule has 2 rings (SSSR count). The first-order chi connectivity index (χ1) is 10.2. The topological polar surface area (TPSA) is 85.0 Å². The van der Waals surface area contributed by atoms with Crippen LogP contribution in [0.3, 0.4) is 0 Å². The first kappa shape index (κ1) is 16.2. The zero-order valence-corrected chi connectivity index (χ0v) is 11.6. The van der Waals surface area contributed by atoms with Crippen molar-refractivity contribution in [1.29, 1.82) is 0 Å². The minimum atomic E-state index is -4.62. The molecule has 2 amide bonds. The number of halogens is 4. The maximum atomic E-state index is 12.2. The predicted molar refractivity (Wildman–Crippen MR) is 71.3 cm³/mol. The number of amides is 2. The van der Waals surface area contributed by atoms with Crippen molar-refractivity contribution >= 4 is 34.8 Å². The SMILES string of the molecule is Nc1ccc(Cl)c(C(=O)N=C2CON(CC(F)(F)F)C2=O)c1. The summed E-state index contributed by atoms with van der Waals surface area (Å²) in [6.07, 6.45) is -4.62. The Labute approximate surface area is 127 Å². The number of carbonyl (C=O) groups excluding carboxylic acids is 2. The smallest absolute Gasteiger partial charge is 0.399 e. The van der Waals surface area contributed by atoms with Crippen LogP contribution in [0.1, 0.15) is 10.4 Å². The number of hydrogen-bond acceptors (Lipinski definition) is 4. The lowest BCUT2D eigenvalue weighted by Crippen LogP contribution is -2.35. The number of aliphatic imine (C=N–C) groups is 1. The number of nitrogen functional groups attached to an aromatic ring is 1.